The Morgan fingerprint density at radius 2 is 2.10 bits per heavy atom. The van der Waals surface area contributed by atoms with Crippen molar-refractivity contribution in [3.8, 4) is 0 Å². The summed E-state index contributed by atoms with van der Waals surface area (Å²) in [6, 6.07) is 9.47. The molecule has 0 aliphatic heterocycles. The van der Waals surface area contributed by atoms with E-state index in [1.54, 1.807) is 6.07 Å². The minimum absolute atomic E-state index is 0.0371. The minimum Gasteiger partial charge on any atom is -0.462 e. The number of furan rings is 1. The summed E-state index contributed by atoms with van der Waals surface area (Å²) in [5.74, 6) is 2.21. The van der Waals surface area contributed by atoms with E-state index >= 15 is 0 Å². The van der Waals surface area contributed by atoms with E-state index in [9.17, 15) is 0 Å². The second kappa shape index (κ2) is 5.44. The molecule has 0 spiro atoms. The Kier molecular flexibility index (Phi) is 3.49. The molecule has 3 rings (SSSR count). The molecule has 0 radical (unpaired) electrons. The minimum atomic E-state index is -0.0790. The molecule has 0 aliphatic carbocycles. The van der Waals surface area contributed by atoms with Crippen LogP contribution in [0.5, 0.6) is 0 Å². The Balaban J connectivity index is 1.71. The monoisotopic (exact) mass is 272 g/mol. The standard InChI is InChI=1S/C14H16N4O2/c1-10(15-8-11-5-6-12(9-19)20-11)14-17-16-13-4-2-3-7-18(13)14/h2-7,10,15,19H,8-9H2,1H3. The van der Waals surface area contributed by atoms with Gasteiger partial charge in [-0.05, 0) is 31.2 Å². The summed E-state index contributed by atoms with van der Waals surface area (Å²) in [4.78, 5) is 0. The van der Waals surface area contributed by atoms with Crippen LogP contribution in [0.3, 0.4) is 0 Å². The van der Waals surface area contributed by atoms with E-state index in [0.717, 1.165) is 17.2 Å². The van der Waals surface area contributed by atoms with Gasteiger partial charge in [-0.3, -0.25) is 4.40 Å². The predicted molar refractivity (Wildman–Crippen MR) is 72.9 cm³/mol. The highest BCUT2D eigenvalue weighted by molar-refractivity contribution is 5.37. The zero-order valence-electron chi connectivity index (χ0n) is 11.2. The average Bonchev–Trinajstić information content (AvgIpc) is 3.11. The predicted octanol–water partition coefficient (Wildman–Crippen LogP) is 1.67. The molecule has 3 aromatic heterocycles. The summed E-state index contributed by atoms with van der Waals surface area (Å²) in [6.07, 6.45) is 1.94. The molecule has 6 nitrogen and oxygen atoms in total. The molecule has 3 heterocycles. The van der Waals surface area contributed by atoms with Crippen molar-refractivity contribution in [2.45, 2.75) is 26.1 Å². The summed E-state index contributed by atoms with van der Waals surface area (Å²) in [6.45, 7) is 2.52. The fraction of sp³-hybridized carbons (Fsp3) is 0.286. The fourth-order valence-corrected chi connectivity index (χ4v) is 2.10. The first-order valence-electron chi connectivity index (χ1n) is 6.49. The smallest absolute Gasteiger partial charge is 0.160 e. The van der Waals surface area contributed by atoms with Crippen molar-refractivity contribution < 1.29 is 9.52 Å². The lowest BCUT2D eigenvalue weighted by atomic mass is 10.3. The van der Waals surface area contributed by atoms with E-state index < -0.39 is 0 Å². The maximum Gasteiger partial charge on any atom is 0.160 e. The van der Waals surface area contributed by atoms with E-state index in [1.165, 1.54) is 0 Å². The van der Waals surface area contributed by atoms with E-state index in [-0.39, 0.29) is 12.6 Å². The third-order valence-electron chi connectivity index (χ3n) is 3.18. The van der Waals surface area contributed by atoms with Gasteiger partial charge in [-0.15, -0.1) is 10.2 Å². The van der Waals surface area contributed by atoms with Gasteiger partial charge in [0.05, 0.1) is 12.6 Å². The molecule has 20 heavy (non-hydrogen) atoms. The van der Waals surface area contributed by atoms with E-state index in [0.29, 0.717) is 12.3 Å². The number of hydrogen-bond acceptors (Lipinski definition) is 5. The van der Waals surface area contributed by atoms with Gasteiger partial charge in [0.1, 0.15) is 18.1 Å². The van der Waals surface area contributed by atoms with Crippen molar-refractivity contribution in [1.29, 1.82) is 0 Å². The molecule has 1 atom stereocenters. The molecule has 0 aliphatic rings. The number of aromatic nitrogens is 3. The van der Waals surface area contributed by atoms with Crippen molar-refractivity contribution in [2.75, 3.05) is 0 Å². The number of nitrogens with one attached hydrogen (secondary N) is 1. The topological polar surface area (TPSA) is 75.6 Å². The van der Waals surface area contributed by atoms with Crippen LogP contribution in [-0.4, -0.2) is 19.7 Å². The molecule has 0 fully saturated rings. The van der Waals surface area contributed by atoms with E-state index in [4.69, 9.17) is 9.52 Å². The highest BCUT2D eigenvalue weighted by atomic mass is 16.4. The van der Waals surface area contributed by atoms with Gasteiger partial charge in [-0.1, -0.05) is 6.07 Å². The number of fused-ring (bicyclic) bond motifs is 1. The Morgan fingerprint density at radius 1 is 1.25 bits per heavy atom. The van der Waals surface area contributed by atoms with Gasteiger partial charge in [-0.25, -0.2) is 0 Å². The summed E-state index contributed by atoms with van der Waals surface area (Å²) >= 11 is 0. The molecule has 0 aromatic carbocycles. The van der Waals surface area contributed by atoms with Crippen LogP contribution in [0.15, 0.2) is 40.9 Å². The van der Waals surface area contributed by atoms with Crippen LogP contribution < -0.4 is 5.32 Å². The summed E-state index contributed by atoms with van der Waals surface area (Å²) in [5, 5.41) is 20.6. The quantitative estimate of drug-likeness (QED) is 0.739. The van der Waals surface area contributed by atoms with Crippen LogP contribution in [0, 0.1) is 0 Å². The maximum atomic E-state index is 8.96. The van der Waals surface area contributed by atoms with Crippen molar-refractivity contribution in [3.05, 3.63) is 53.9 Å². The molecule has 0 saturated heterocycles. The Bertz CT molecular complexity index is 704. The zero-order chi connectivity index (χ0) is 13.9. The highest BCUT2D eigenvalue weighted by Crippen LogP contribution is 2.13. The van der Waals surface area contributed by atoms with Crippen LogP contribution in [0.2, 0.25) is 0 Å². The number of aliphatic hydroxyl groups excluding tert-OH is 1. The number of aliphatic hydroxyl groups is 1. The molecule has 0 amide bonds. The van der Waals surface area contributed by atoms with Gasteiger partial charge in [-0.2, -0.15) is 0 Å². The molecule has 0 saturated carbocycles. The number of pyridine rings is 1. The second-order valence-electron chi connectivity index (χ2n) is 4.62. The van der Waals surface area contributed by atoms with Crippen molar-refractivity contribution in [2.24, 2.45) is 0 Å². The van der Waals surface area contributed by atoms with Gasteiger partial charge < -0.3 is 14.8 Å². The first-order valence-corrected chi connectivity index (χ1v) is 6.49. The van der Waals surface area contributed by atoms with Gasteiger partial charge >= 0.3 is 0 Å². The van der Waals surface area contributed by atoms with Gasteiger partial charge in [0, 0.05) is 6.20 Å². The molecular formula is C14H16N4O2. The average molecular weight is 272 g/mol. The third kappa shape index (κ3) is 2.43. The van der Waals surface area contributed by atoms with Crippen LogP contribution in [0.4, 0.5) is 0 Å². The SMILES string of the molecule is CC(NCc1ccc(CO)o1)c1nnc2ccccn12. The molecule has 3 aromatic rings. The first kappa shape index (κ1) is 12.8. The third-order valence-corrected chi connectivity index (χ3v) is 3.18. The van der Waals surface area contributed by atoms with Crippen molar-refractivity contribution >= 4 is 5.65 Å². The van der Waals surface area contributed by atoms with Crippen molar-refractivity contribution in [3.63, 3.8) is 0 Å². The Hall–Kier alpha value is -2.18. The lowest BCUT2D eigenvalue weighted by Gasteiger charge is -2.10. The van der Waals surface area contributed by atoms with Gasteiger partial charge in [0.15, 0.2) is 11.5 Å². The molecule has 6 heteroatoms. The van der Waals surface area contributed by atoms with Crippen molar-refractivity contribution in [1.82, 2.24) is 19.9 Å². The fourth-order valence-electron chi connectivity index (χ4n) is 2.10. The summed E-state index contributed by atoms with van der Waals surface area (Å²) in [5.41, 5.74) is 0.830. The lowest BCUT2D eigenvalue weighted by Crippen LogP contribution is -2.20. The van der Waals surface area contributed by atoms with E-state index in [1.807, 2.05) is 41.8 Å². The van der Waals surface area contributed by atoms with Crippen LogP contribution in [0.1, 0.15) is 30.3 Å². The lowest BCUT2D eigenvalue weighted by molar-refractivity contribution is 0.242. The summed E-state index contributed by atoms with van der Waals surface area (Å²) < 4.78 is 7.39. The first-order chi connectivity index (χ1) is 9.78. The molecule has 0 bridgehead atoms. The van der Waals surface area contributed by atoms with Gasteiger partial charge in [0.2, 0.25) is 0 Å². The van der Waals surface area contributed by atoms with Gasteiger partial charge in [0.25, 0.3) is 0 Å². The Morgan fingerprint density at radius 3 is 2.90 bits per heavy atom. The number of hydrogen-bond donors (Lipinski definition) is 2. The molecular weight excluding hydrogens is 256 g/mol. The molecule has 1 unspecified atom stereocenters. The van der Waals surface area contributed by atoms with Crippen LogP contribution >= 0.6 is 0 Å². The highest BCUT2D eigenvalue weighted by Gasteiger charge is 2.13. The van der Waals surface area contributed by atoms with Crippen LogP contribution in [0.25, 0.3) is 5.65 Å². The maximum absolute atomic E-state index is 8.96. The number of rotatable bonds is 5. The zero-order valence-corrected chi connectivity index (χ0v) is 11.2. The Labute approximate surface area is 116 Å². The second-order valence-corrected chi connectivity index (χ2v) is 4.62. The molecule has 104 valence electrons. The normalized spacial score (nSPS) is 12.9. The van der Waals surface area contributed by atoms with E-state index in [2.05, 4.69) is 15.5 Å². The van der Waals surface area contributed by atoms with Crippen LogP contribution in [-0.2, 0) is 13.2 Å². The largest absolute Gasteiger partial charge is 0.462 e. The number of nitrogens with zero attached hydrogens (tertiary/aromatic N) is 3. The molecule has 2 N–H and O–H groups in total. The summed E-state index contributed by atoms with van der Waals surface area (Å²) in [7, 11) is 0.